The highest BCUT2D eigenvalue weighted by Crippen LogP contribution is 2.27. The SMILES string of the molecule is Cc1ccc2nc(-n3c(C)ccc3C)sc2c1. The number of hydrogen-bond donors (Lipinski definition) is 0. The second-order valence-corrected chi connectivity index (χ2v) is 5.43. The summed E-state index contributed by atoms with van der Waals surface area (Å²) in [6.07, 6.45) is 0. The van der Waals surface area contributed by atoms with E-state index in [0.29, 0.717) is 0 Å². The number of thiazole rings is 1. The summed E-state index contributed by atoms with van der Waals surface area (Å²) in [5.41, 5.74) is 4.84. The molecular formula is C14H14N2S. The molecule has 0 aliphatic rings. The molecule has 0 aliphatic carbocycles. The molecule has 3 aromatic rings. The van der Waals surface area contributed by atoms with Crippen molar-refractivity contribution >= 4 is 21.6 Å². The molecule has 3 heteroatoms. The summed E-state index contributed by atoms with van der Waals surface area (Å²) in [5.74, 6) is 0. The van der Waals surface area contributed by atoms with Gasteiger partial charge in [0, 0.05) is 11.4 Å². The van der Waals surface area contributed by atoms with Gasteiger partial charge in [-0.15, -0.1) is 0 Å². The van der Waals surface area contributed by atoms with E-state index in [0.717, 1.165) is 10.6 Å². The van der Waals surface area contributed by atoms with E-state index in [9.17, 15) is 0 Å². The van der Waals surface area contributed by atoms with Crippen LogP contribution in [0.3, 0.4) is 0 Å². The maximum Gasteiger partial charge on any atom is 0.195 e. The van der Waals surface area contributed by atoms with Crippen molar-refractivity contribution in [2.75, 3.05) is 0 Å². The third-order valence-corrected chi connectivity index (χ3v) is 4.00. The summed E-state index contributed by atoms with van der Waals surface area (Å²) < 4.78 is 3.47. The van der Waals surface area contributed by atoms with Gasteiger partial charge in [-0.1, -0.05) is 17.4 Å². The molecule has 0 saturated heterocycles. The van der Waals surface area contributed by atoms with Gasteiger partial charge in [-0.25, -0.2) is 4.98 Å². The third-order valence-electron chi connectivity index (χ3n) is 3.00. The summed E-state index contributed by atoms with van der Waals surface area (Å²) in [7, 11) is 0. The maximum absolute atomic E-state index is 4.70. The van der Waals surface area contributed by atoms with Gasteiger partial charge in [0.15, 0.2) is 5.13 Å². The summed E-state index contributed by atoms with van der Waals surface area (Å²) in [4.78, 5) is 4.70. The van der Waals surface area contributed by atoms with Crippen LogP contribution in [0.4, 0.5) is 0 Å². The molecule has 2 nitrogen and oxygen atoms in total. The number of rotatable bonds is 1. The van der Waals surface area contributed by atoms with Crippen molar-refractivity contribution in [2.24, 2.45) is 0 Å². The molecule has 3 rings (SSSR count). The zero-order chi connectivity index (χ0) is 12.0. The second-order valence-electron chi connectivity index (χ2n) is 4.42. The number of hydrogen-bond acceptors (Lipinski definition) is 2. The quantitative estimate of drug-likeness (QED) is 0.630. The Labute approximate surface area is 105 Å². The van der Waals surface area contributed by atoms with E-state index in [2.05, 4.69) is 55.7 Å². The number of aryl methyl sites for hydroxylation is 3. The predicted molar refractivity (Wildman–Crippen MR) is 73.2 cm³/mol. The Kier molecular flexibility index (Phi) is 2.30. The summed E-state index contributed by atoms with van der Waals surface area (Å²) in [5, 5.41) is 1.06. The minimum atomic E-state index is 1.06. The van der Waals surface area contributed by atoms with Gasteiger partial charge in [-0.3, -0.25) is 4.57 Å². The highest BCUT2D eigenvalue weighted by Gasteiger charge is 2.09. The van der Waals surface area contributed by atoms with Crippen LogP contribution in [-0.2, 0) is 0 Å². The Hall–Kier alpha value is -1.61. The van der Waals surface area contributed by atoms with Crippen LogP contribution in [-0.4, -0.2) is 9.55 Å². The Morgan fingerprint density at radius 2 is 1.71 bits per heavy atom. The van der Waals surface area contributed by atoms with Crippen molar-refractivity contribution in [2.45, 2.75) is 20.8 Å². The second kappa shape index (κ2) is 3.70. The minimum Gasteiger partial charge on any atom is -0.295 e. The molecular weight excluding hydrogens is 228 g/mol. The first-order valence-electron chi connectivity index (χ1n) is 5.67. The van der Waals surface area contributed by atoms with Crippen LogP contribution in [0.25, 0.3) is 15.3 Å². The van der Waals surface area contributed by atoms with E-state index in [1.54, 1.807) is 11.3 Å². The van der Waals surface area contributed by atoms with Gasteiger partial charge < -0.3 is 0 Å². The van der Waals surface area contributed by atoms with Gasteiger partial charge >= 0.3 is 0 Å². The van der Waals surface area contributed by atoms with Gasteiger partial charge in [-0.05, 0) is 50.6 Å². The minimum absolute atomic E-state index is 1.06. The molecule has 0 aliphatic heterocycles. The Balaban J connectivity index is 2.25. The fourth-order valence-electron chi connectivity index (χ4n) is 2.09. The van der Waals surface area contributed by atoms with Crippen molar-refractivity contribution in [3.05, 3.63) is 47.3 Å². The highest BCUT2D eigenvalue weighted by molar-refractivity contribution is 7.20. The van der Waals surface area contributed by atoms with Crippen molar-refractivity contribution in [3.63, 3.8) is 0 Å². The van der Waals surface area contributed by atoms with Crippen LogP contribution in [0.1, 0.15) is 17.0 Å². The fourth-order valence-corrected chi connectivity index (χ4v) is 3.27. The Morgan fingerprint density at radius 3 is 2.41 bits per heavy atom. The van der Waals surface area contributed by atoms with Gasteiger partial charge in [0.25, 0.3) is 0 Å². The molecule has 86 valence electrons. The number of benzene rings is 1. The zero-order valence-electron chi connectivity index (χ0n) is 10.2. The lowest BCUT2D eigenvalue weighted by Gasteiger charge is -2.03. The van der Waals surface area contributed by atoms with E-state index in [4.69, 9.17) is 4.98 Å². The molecule has 0 bridgehead atoms. The van der Waals surface area contributed by atoms with Gasteiger partial charge in [0.1, 0.15) is 0 Å². The number of fused-ring (bicyclic) bond motifs is 1. The lowest BCUT2D eigenvalue weighted by molar-refractivity contribution is 0.955. The molecule has 0 radical (unpaired) electrons. The first kappa shape index (κ1) is 10.5. The predicted octanol–water partition coefficient (Wildman–Crippen LogP) is 4.01. The van der Waals surface area contributed by atoms with Crippen molar-refractivity contribution in [3.8, 4) is 5.13 Å². The van der Waals surface area contributed by atoms with Gasteiger partial charge in [0.05, 0.1) is 10.2 Å². The van der Waals surface area contributed by atoms with Crippen molar-refractivity contribution in [1.29, 1.82) is 0 Å². The Bertz CT molecular complexity index is 672. The fraction of sp³-hybridized carbons (Fsp3) is 0.214. The molecule has 0 amide bonds. The van der Waals surface area contributed by atoms with Crippen LogP contribution >= 0.6 is 11.3 Å². The molecule has 2 heterocycles. The topological polar surface area (TPSA) is 17.8 Å². The first-order chi connectivity index (χ1) is 8.15. The van der Waals surface area contributed by atoms with Crippen molar-refractivity contribution in [1.82, 2.24) is 9.55 Å². The normalized spacial score (nSPS) is 11.2. The van der Waals surface area contributed by atoms with E-state index < -0.39 is 0 Å². The van der Waals surface area contributed by atoms with Crippen LogP contribution in [0.2, 0.25) is 0 Å². The standard InChI is InChI=1S/C14H14N2S/c1-9-4-7-12-13(8-9)17-14(15-12)16-10(2)5-6-11(16)3/h4-8H,1-3H3. The molecule has 0 fully saturated rings. The van der Waals surface area contributed by atoms with E-state index >= 15 is 0 Å². The number of nitrogens with zero attached hydrogens (tertiary/aromatic N) is 2. The van der Waals surface area contributed by atoms with E-state index in [1.807, 2.05) is 0 Å². The van der Waals surface area contributed by atoms with Gasteiger partial charge in [-0.2, -0.15) is 0 Å². The van der Waals surface area contributed by atoms with Gasteiger partial charge in [0.2, 0.25) is 0 Å². The molecule has 0 spiro atoms. The highest BCUT2D eigenvalue weighted by atomic mass is 32.1. The molecule has 0 N–H and O–H groups in total. The Morgan fingerprint density at radius 1 is 1.00 bits per heavy atom. The third kappa shape index (κ3) is 1.67. The smallest absolute Gasteiger partial charge is 0.195 e. The zero-order valence-corrected chi connectivity index (χ0v) is 11.0. The lowest BCUT2D eigenvalue weighted by atomic mass is 10.2. The van der Waals surface area contributed by atoms with E-state index in [-0.39, 0.29) is 0 Å². The molecule has 0 unspecified atom stereocenters. The maximum atomic E-state index is 4.70. The molecule has 1 aromatic carbocycles. The average molecular weight is 242 g/mol. The van der Waals surface area contributed by atoms with Crippen LogP contribution in [0.15, 0.2) is 30.3 Å². The molecule has 0 saturated carbocycles. The largest absolute Gasteiger partial charge is 0.295 e. The molecule has 0 atom stereocenters. The van der Waals surface area contributed by atoms with Crippen LogP contribution in [0, 0.1) is 20.8 Å². The van der Waals surface area contributed by atoms with Crippen LogP contribution in [0.5, 0.6) is 0 Å². The average Bonchev–Trinajstić information content (AvgIpc) is 2.81. The van der Waals surface area contributed by atoms with Crippen LogP contribution < -0.4 is 0 Å². The van der Waals surface area contributed by atoms with E-state index in [1.165, 1.54) is 21.7 Å². The molecule has 2 aromatic heterocycles. The lowest BCUT2D eigenvalue weighted by Crippen LogP contribution is -1.97. The molecule has 17 heavy (non-hydrogen) atoms. The summed E-state index contributed by atoms with van der Waals surface area (Å²) in [6, 6.07) is 10.7. The van der Waals surface area contributed by atoms with Crippen molar-refractivity contribution < 1.29 is 0 Å². The number of aromatic nitrogens is 2. The summed E-state index contributed by atoms with van der Waals surface area (Å²) >= 11 is 1.75. The first-order valence-corrected chi connectivity index (χ1v) is 6.49. The monoisotopic (exact) mass is 242 g/mol. The summed E-state index contributed by atoms with van der Waals surface area (Å²) in [6.45, 7) is 6.35.